The van der Waals surface area contributed by atoms with Gasteiger partial charge in [-0.3, -0.25) is 0 Å². The molecule has 7 heteroatoms. The zero-order valence-corrected chi connectivity index (χ0v) is 15.8. The number of carbonyl (C=O) groups is 1. The van der Waals surface area contributed by atoms with E-state index >= 15 is 0 Å². The first-order chi connectivity index (χ1) is 12.1. The molecule has 1 heterocycles. The van der Waals surface area contributed by atoms with E-state index in [1.54, 1.807) is 25.3 Å². The first kappa shape index (κ1) is 19.8. The third-order valence-electron chi connectivity index (χ3n) is 4.14. The number of hydrogen-bond acceptors (Lipinski definition) is 4. The van der Waals surface area contributed by atoms with Crippen molar-refractivity contribution in [2.45, 2.75) is 19.8 Å². The maximum atomic E-state index is 12.5. The molecule has 1 fully saturated rings. The molecule has 6 nitrogen and oxygen atoms in total. The van der Waals surface area contributed by atoms with Gasteiger partial charge in [0.05, 0.1) is 11.6 Å². The fourth-order valence-corrected chi connectivity index (χ4v) is 3.08. The van der Waals surface area contributed by atoms with Gasteiger partial charge in [0.25, 0.3) is 0 Å². The summed E-state index contributed by atoms with van der Waals surface area (Å²) < 4.78 is 10.5. The summed E-state index contributed by atoms with van der Waals surface area (Å²) in [5, 5.41) is 3.40. The predicted molar refractivity (Wildman–Crippen MR) is 101 cm³/mol. The van der Waals surface area contributed by atoms with Gasteiger partial charge in [0.15, 0.2) is 0 Å². The number of amides is 2. The normalized spacial score (nSPS) is 15.7. The number of carbonyl (C=O) groups excluding carboxylic acids is 1. The molecule has 140 valence electrons. The van der Waals surface area contributed by atoms with Crippen molar-refractivity contribution >= 4 is 23.3 Å². The molecule has 2 rings (SSSR count). The molecule has 0 aliphatic carbocycles. The van der Waals surface area contributed by atoms with Gasteiger partial charge in [-0.05, 0) is 44.1 Å². The SMILES string of the molecule is CCCN1CCCN(C(=O)Nc2ccc(OCCOC)c(Cl)c2)CC1. The lowest BCUT2D eigenvalue weighted by Crippen LogP contribution is -2.38. The molecule has 1 aliphatic rings. The van der Waals surface area contributed by atoms with Gasteiger partial charge in [-0.15, -0.1) is 0 Å². The molecule has 1 N–H and O–H groups in total. The Morgan fingerprint density at radius 2 is 2.08 bits per heavy atom. The fourth-order valence-electron chi connectivity index (χ4n) is 2.85. The Balaban J connectivity index is 1.88. The molecule has 0 unspecified atom stereocenters. The first-order valence-corrected chi connectivity index (χ1v) is 9.21. The van der Waals surface area contributed by atoms with Crippen molar-refractivity contribution in [2.75, 3.05) is 58.4 Å². The molecular weight excluding hydrogens is 342 g/mol. The van der Waals surface area contributed by atoms with Crippen LogP contribution in [-0.2, 0) is 4.74 Å². The van der Waals surface area contributed by atoms with Crippen LogP contribution in [0.15, 0.2) is 18.2 Å². The van der Waals surface area contributed by atoms with Crippen LogP contribution in [0.5, 0.6) is 5.75 Å². The minimum Gasteiger partial charge on any atom is -0.490 e. The standard InChI is InChI=1S/C18H28ClN3O3/c1-3-7-21-8-4-9-22(11-10-21)18(23)20-15-5-6-17(16(19)14-15)25-13-12-24-2/h5-6,14H,3-4,7-13H2,1-2H3,(H,20,23). The van der Waals surface area contributed by atoms with Crippen LogP contribution in [-0.4, -0.2) is 68.9 Å². The highest BCUT2D eigenvalue weighted by Gasteiger charge is 2.19. The number of rotatable bonds is 7. The number of nitrogens with one attached hydrogen (secondary N) is 1. The second-order valence-corrected chi connectivity index (χ2v) is 6.51. The summed E-state index contributed by atoms with van der Waals surface area (Å²) >= 11 is 6.22. The third kappa shape index (κ3) is 6.38. The van der Waals surface area contributed by atoms with E-state index in [1.807, 2.05) is 4.90 Å². The fraction of sp³-hybridized carbons (Fsp3) is 0.611. The Morgan fingerprint density at radius 1 is 1.24 bits per heavy atom. The lowest BCUT2D eigenvalue weighted by Gasteiger charge is -2.22. The van der Waals surface area contributed by atoms with Crippen LogP contribution in [0, 0.1) is 0 Å². The zero-order chi connectivity index (χ0) is 18.1. The number of anilines is 1. The Morgan fingerprint density at radius 3 is 2.80 bits per heavy atom. The van der Waals surface area contributed by atoms with Crippen molar-refractivity contribution in [2.24, 2.45) is 0 Å². The molecule has 1 aromatic carbocycles. The molecule has 1 saturated heterocycles. The van der Waals surface area contributed by atoms with Crippen molar-refractivity contribution in [3.8, 4) is 5.75 Å². The van der Waals surface area contributed by atoms with E-state index in [4.69, 9.17) is 21.1 Å². The Bertz CT molecular complexity index is 556. The lowest BCUT2D eigenvalue weighted by atomic mass is 10.3. The van der Waals surface area contributed by atoms with Gasteiger partial charge in [0.2, 0.25) is 0 Å². The topological polar surface area (TPSA) is 54.0 Å². The summed E-state index contributed by atoms with van der Waals surface area (Å²) in [6.07, 6.45) is 2.14. The van der Waals surface area contributed by atoms with E-state index in [2.05, 4.69) is 17.1 Å². The Hall–Kier alpha value is -1.50. The summed E-state index contributed by atoms with van der Waals surface area (Å²) in [6.45, 7) is 7.71. The highest BCUT2D eigenvalue weighted by Crippen LogP contribution is 2.27. The molecule has 0 saturated carbocycles. The number of benzene rings is 1. The summed E-state index contributed by atoms with van der Waals surface area (Å²) in [5.74, 6) is 0.585. The van der Waals surface area contributed by atoms with Crippen LogP contribution in [0.2, 0.25) is 5.02 Å². The smallest absolute Gasteiger partial charge is 0.321 e. The molecule has 2 amide bonds. The second-order valence-electron chi connectivity index (χ2n) is 6.10. The number of nitrogens with zero attached hydrogens (tertiary/aromatic N) is 2. The van der Waals surface area contributed by atoms with E-state index in [1.165, 1.54) is 0 Å². The zero-order valence-electron chi connectivity index (χ0n) is 15.1. The minimum atomic E-state index is -0.0810. The highest BCUT2D eigenvalue weighted by atomic mass is 35.5. The Kier molecular flexibility index (Phi) is 8.31. The van der Waals surface area contributed by atoms with Crippen LogP contribution < -0.4 is 10.1 Å². The number of urea groups is 1. The van der Waals surface area contributed by atoms with Crippen LogP contribution in [0.1, 0.15) is 19.8 Å². The molecule has 0 radical (unpaired) electrons. The van der Waals surface area contributed by atoms with E-state index in [0.717, 1.165) is 45.6 Å². The molecule has 1 aromatic rings. The third-order valence-corrected chi connectivity index (χ3v) is 4.44. The molecule has 0 bridgehead atoms. The largest absolute Gasteiger partial charge is 0.490 e. The molecular formula is C18H28ClN3O3. The average Bonchev–Trinajstić information content (AvgIpc) is 2.83. The van der Waals surface area contributed by atoms with E-state index in [9.17, 15) is 4.79 Å². The summed E-state index contributed by atoms with van der Waals surface area (Å²) in [5.41, 5.74) is 0.670. The second kappa shape index (κ2) is 10.5. The monoisotopic (exact) mass is 369 g/mol. The lowest BCUT2D eigenvalue weighted by molar-refractivity contribution is 0.146. The van der Waals surface area contributed by atoms with E-state index in [-0.39, 0.29) is 6.03 Å². The van der Waals surface area contributed by atoms with Gasteiger partial charge in [0.1, 0.15) is 12.4 Å². The maximum absolute atomic E-state index is 12.5. The molecule has 25 heavy (non-hydrogen) atoms. The maximum Gasteiger partial charge on any atom is 0.321 e. The van der Waals surface area contributed by atoms with Crippen molar-refractivity contribution in [3.05, 3.63) is 23.2 Å². The van der Waals surface area contributed by atoms with Crippen molar-refractivity contribution in [1.29, 1.82) is 0 Å². The van der Waals surface area contributed by atoms with Crippen LogP contribution >= 0.6 is 11.6 Å². The van der Waals surface area contributed by atoms with Crippen molar-refractivity contribution < 1.29 is 14.3 Å². The van der Waals surface area contributed by atoms with Crippen LogP contribution in [0.3, 0.4) is 0 Å². The van der Waals surface area contributed by atoms with Crippen molar-refractivity contribution in [3.63, 3.8) is 0 Å². The summed E-state index contributed by atoms with van der Waals surface area (Å²) in [6, 6.07) is 5.19. The first-order valence-electron chi connectivity index (χ1n) is 8.83. The predicted octanol–water partition coefficient (Wildman–Crippen LogP) is 3.31. The number of methoxy groups -OCH3 is 1. The number of hydrogen-bond donors (Lipinski definition) is 1. The minimum absolute atomic E-state index is 0.0810. The van der Waals surface area contributed by atoms with Crippen LogP contribution in [0.25, 0.3) is 0 Å². The summed E-state index contributed by atoms with van der Waals surface area (Å²) in [7, 11) is 1.62. The van der Waals surface area contributed by atoms with E-state index < -0.39 is 0 Å². The van der Waals surface area contributed by atoms with E-state index in [0.29, 0.717) is 29.7 Å². The number of halogens is 1. The molecule has 0 atom stereocenters. The molecule has 1 aliphatic heterocycles. The van der Waals surface area contributed by atoms with Gasteiger partial charge < -0.3 is 24.6 Å². The van der Waals surface area contributed by atoms with Gasteiger partial charge in [0, 0.05) is 32.4 Å². The summed E-state index contributed by atoms with van der Waals surface area (Å²) in [4.78, 5) is 16.8. The Labute approximate surface area is 155 Å². The van der Waals surface area contributed by atoms with Crippen molar-refractivity contribution in [1.82, 2.24) is 9.80 Å². The molecule has 0 aromatic heterocycles. The van der Waals surface area contributed by atoms with Gasteiger partial charge >= 0.3 is 6.03 Å². The van der Waals surface area contributed by atoms with Gasteiger partial charge in [-0.2, -0.15) is 0 Å². The highest BCUT2D eigenvalue weighted by molar-refractivity contribution is 6.32. The quantitative estimate of drug-likeness (QED) is 0.749. The van der Waals surface area contributed by atoms with Crippen LogP contribution in [0.4, 0.5) is 10.5 Å². The van der Waals surface area contributed by atoms with Gasteiger partial charge in [-0.1, -0.05) is 18.5 Å². The number of ether oxygens (including phenoxy) is 2. The average molecular weight is 370 g/mol. The van der Waals surface area contributed by atoms with Gasteiger partial charge in [-0.25, -0.2) is 4.79 Å². The molecule has 0 spiro atoms.